The molecule has 0 spiro atoms. The highest BCUT2D eigenvalue weighted by Gasteiger charge is 2.29. The van der Waals surface area contributed by atoms with Gasteiger partial charge in [-0.2, -0.15) is 5.10 Å². The van der Waals surface area contributed by atoms with Gasteiger partial charge in [0.1, 0.15) is 17.3 Å². The number of anilines is 1. The van der Waals surface area contributed by atoms with Crippen LogP contribution >= 0.6 is 0 Å². The van der Waals surface area contributed by atoms with Crippen molar-refractivity contribution in [2.24, 2.45) is 0 Å². The first-order chi connectivity index (χ1) is 9.74. The Morgan fingerprint density at radius 3 is 2.75 bits per heavy atom. The van der Waals surface area contributed by atoms with E-state index < -0.39 is 0 Å². The van der Waals surface area contributed by atoms with Gasteiger partial charge in [0.25, 0.3) is 0 Å². The lowest BCUT2D eigenvalue weighted by Gasteiger charge is -2.06. The van der Waals surface area contributed by atoms with E-state index in [9.17, 15) is 0 Å². The smallest absolute Gasteiger partial charge is 0.132 e. The number of nitrogens with two attached hydrogens (primary N) is 1. The van der Waals surface area contributed by atoms with Gasteiger partial charge in [-0.25, -0.2) is 4.98 Å². The molecule has 0 atom stereocenters. The minimum Gasteiger partial charge on any atom is -0.383 e. The Labute approximate surface area is 119 Å². The van der Waals surface area contributed by atoms with Crippen molar-refractivity contribution in [2.45, 2.75) is 58.5 Å². The van der Waals surface area contributed by atoms with Crippen molar-refractivity contribution in [1.82, 2.24) is 19.3 Å². The number of nitrogen functional groups attached to an aromatic ring is 1. The number of nitrogens with zero attached hydrogens (tertiary/aromatic N) is 4. The fraction of sp³-hybridized carbons (Fsp3) is 0.600. The molecule has 20 heavy (non-hydrogen) atoms. The minimum atomic E-state index is 0.573. The molecule has 0 amide bonds. The normalized spacial score (nSPS) is 14.9. The Morgan fingerprint density at radius 1 is 1.30 bits per heavy atom. The number of aryl methyl sites for hydroxylation is 2. The lowest BCUT2D eigenvalue weighted by atomic mass is 10.2. The summed E-state index contributed by atoms with van der Waals surface area (Å²) in [5.74, 6) is 1.94. The van der Waals surface area contributed by atoms with Crippen LogP contribution in [-0.2, 0) is 13.0 Å². The SMILES string of the molecule is CCCc1nc(-c2cnn(CCC)c2)c(N)n1C1CC1. The Bertz CT molecular complexity index is 591. The van der Waals surface area contributed by atoms with Gasteiger partial charge in [-0.15, -0.1) is 0 Å². The van der Waals surface area contributed by atoms with Crippen LogP contribution in [0, 0.1) is 0 Å². The monoisotopic (exact) mass is 273 g/mol. The largest absolute Gasteiger partial charge is 0.383 e. The number of hydrogen-bond acceptors (Lipinski definition) is 3. The van der Waals surface area contributed by atoms with E-state index in [1.165, 1.54) is 12.8 Å². The summed E-state index contributed by atoms with van der Waals surface area (Å²) >= 11 is 0. The zero-order valence-electron chi connectivity index (χ0n) is 12.3. The molecular formula is C15H23N5. The fourth-order valence-electron chi connectivity index (χ4n) is 2.68. The van der Waals surface area contributed by atoms with Crippen molar-refractivity contribution in [1.29, 1.82) is 0 Å². The van der Waals surface area contributed by atoms with Crippen LogP contribution in [0.15, 0.2) is 12.4 Å². The molecule has 0 unspecified atom stereocenters. The summed E-state index contributed by atoms with van der Waals surface area (Å²) in [7, 11) is 0. The van der Waals surface area contributed by atoms with Gasteiger partial charge in [0.15, 0.2) is 0 Å². The number of aromatic nitrogens is 4. The summed E-state index contributed by atoms with van der Waals surface area (Å²) in [6.45, 7) is 5.27. The van der Waals surface area contributed by atoms with Crippen LogP contribution in [0.25, 0.3) is 11.3 Å². The highest BCUT2D eigenvalue weighted by Crippen LogP contribution is 2.41. The zero-order valence-corrected chi connectivity index (χ0v) is 12.3. The summed E-state index contributed by atoms with van der Waals surface area (Å²) < 4.78 is 4.21. The lowest BCUT2D eigenvalue weighted by molar-refractivity contribution is 0.603. The fourth-order valence-corrected chi connectivity index (χ4v) is 2.68. The van der Waals surface area contributed by atoms with Crippen molar-refractivity contribution in [3.8, 4) is 11.3 Å². The molecule has 2 N–H and O–H groups in total. The second-order valence-electron chi connectivity index (χ2n) is 5.61. The molecule has 5 heteroatoms. The molecule has 0 aromatic carbocycles. The highest BCUT2D eigenvalue weighted by molar-refractivity contribution is 5.70. The van der Waals surface area contributed by atoms with Crippen LogP contribution in [0.3, 0.4) is 0 Å². The maximum absolute atomic E-state index is 6.35. The van der Waals surface area contributed by atoms with E-state index in [0.717, 1.165) is 48.7 Å². The third kappa shape index (κ3) is 2.32. The van der Waals surface area contributed by atoms with Gasteiger partial charge in [0.05, 0.1) is 6.20 Å². The van der Waals surface area contributed by atoms with Crippen molar-refractivity contribution in [2.75, 3.05) is 5.73 Å². The maximum atomic E-state index is 6.35. The Morgan fingerprint density at radius 2 is 2.10 bits per heavy atom. The van der Waals surface area contributed by atoms with Crippen molar-refractivity contribution < 1.29 is 0 Å². The Hall–Kier alpha value is -1.78. The molecule has 2 aromatic rings. The zero-order chi connectivity index (χ0) is 14.1. The molecule has 1 fully saturated rings. The topological polar surface area (TPSA) is 61.7 Å². The maximum Gasteiger partial charge on any atom is 0.132 e. The first kappa shape index (κ1) is 13.2. The van der Waals surface area contributed by atoms with Crippen LogP contribution in [0.2, 0.25) is 0 Å². The predicted molar refractivity (Wildman–Crippen MR) is 80.4 cm³/mol. The van der Waals surface area contributed by atoms with E-state index in [-0.39, 0.29) is 0 Å². The standard InChI is InChI=1S/C15H23N5/c1-3-5-13-18-14(15(16)20(13)12-6-7-12)11-9-17-19(10-11)8-4-2/h9-10,12H,3-8,16H2,1-2H3. The molecular weight excluding hydrogens is 250 g/mol. The summed E-state index contributed by atoms with van der Waals surface area (Å²) in [4.78, 5) is 4.79. The van der Waals surface area contributed by atoms with Crippen molar-refractivity contribution in [3.05, 3.63) is 18.2 Å². The average Bonchev–Trinajstić information content (AvgIpc) is 3.06. The number of hydrogen-bond donors (Lipinski definition) is 1. The second-order valence-corrected chi connectivity index (χ2v) is 5.61. The van der Waals surface area contributed by atoms with Crippen LogP contribution in [-0.4, -0.2) is 19.3 Å². The molecule has 0 aliphatic heterocycles. The van der Waals surface area contributed by atoms with Gasteiger partial charge in [-0.3, -0.25) is 4.68 Å². The molecule has 1 aliphatic rings. The summed E-state index contributed by atoms with van der Waals surface area (Å²) in [5, 5.41) is 4.38. The van der Waals surface area contributed by atoms with Crippen molar-refractivity contribution in [3.63, 3.8) is 0 Å². The lowest BCUT2D eigenvalue weighted by Crippen LogP contribution is -2.05. The molecule has 108 valence electrons. The highest BCUT2D eigenvalue weighted by atomic mass is 15.3. The van der Waals surface area contributed by atoms with Gasteiger partial charge in [-0.05, 0) is 25.7 Å². The molecule has 1 saturated carbocycles. The van der Waals surface area contributed by atoms with E-state index in [2.05, 4.69) is 29.7 Å². The van der Waals surface area contributed by atoms with Gasteiger partial charge < -0.3 is 10.3 Å². The summed E-state index contributed by atoms with van der Waals surface area (Å²) in [5.41, 5.74) is 8.29. The number of imidazole rings is 1. The Balaban J connectivity index is 1.97. The minimum absolute atomic E-state index is 0.573. The molecule has 5 nitrogen and oxygen atoms in total. The van der Waals surface area contributed by atoms with Crippen LogP contribution in [0.1, 0.15) is 51.4 Å². The quantitative estimate of drug-likeness (QED) is 0.880. The van der Waals surface area contributed by atoms with Crippen LogP contribution < -0.4 is 5.73 Å². The third-order valence-corrected chi connectivity index (χ3v) is 3.77. The summed E-state index contributed by atoms with van der Waals surface area (Å²) in [6, 6.07) is 0.573. The molecule has 3 rings (SSSR count). The molecule has 0 saturated heterocycles. The van der Waals surface area contributed by atoms with Gasteiger partial charge >= 0.3 is 0 Å². The van der Waals surface area contributed by atoms with E-state index >= 15 is 0 Å². The predicted octanol–water partition coefficient (Wildman–Crippen LogP) is 3.03. The van der Waals surface area contributed by atoms with E-state index in [0.29, 0.717) is 6.04 Å². The van der Waals surface area contributed by atoms with Gasteiger partial charge in [-0.1, -0.05) is 13.8 Å². The van der Waals surface area contributed by atoms with E-state index in [4.69, 9.17) is 10.7 Å². The van der Waals surface area contributed by atoms with E-state index in [1.54, 1.807) is 0 Å². The first-order valence-electron chi connectivity index (χ1n) is 7.64. The van der Waals surface area contributed by atoms with Gasteiger partial charge in [0.2, 0.25) is 0 Å². The second kappa shape index (κ2) is 5.31. The molecule has 2 aromatic heterocycles. The van der Waals surface area contributed by atoms with Crippen LogP contribution in [0.5, 0.6) is 0 Å². The van der Waals surface area contributed by atoms with Gasteiger partial charge in [0, 0.05) is 30.8 Å². The molecule has 1 aliphatic carbocycles. The third-order valence-electron chi connectivity index (χ3n) is 3.77. The molecule has 0 bridgehead atoms. The van der Waals surface area contributed by atoms with E-state index in [1.807, 2.05) is 10.9 Å². The summed E-state index contributed by atoms with van der Waals surface area (Å²) in [6.07, 6.45) is 9.55. The first-order valence-corrected chi connectivity index (χ1v) is 7.64. The number of rotatable bonds is 6. The molecule has 0 radical (unpaired) electrons. The Kier molecular flexibility index (Phi) is 3.51. The average molecular weight is 273 g/mol. The molecule has 2 heterocycles. The van der Waals surface area contributed by atoms with Crippen molar-refractivity contribution >= 4 is 5.82 Å². The van der Waals surface area contributed by atoms with Crippen LogP contribution in [0.4, 0.5) is 5.82 Å².